The second kappa shape index (κ2) is 7.56. The molecule has 1 saturated carbocycles. The zero-order valence-corrected chi connectivity index (χ0v) is 16.9. The van der Waals surface area contributed by atoms with Gasteiger partial charge in [-0.1, -0.05) is 35.9 Å². The molecule has 2 aliphatic rings. The number of hydrogen-bond acceptors (Lipinski definition) is 4. The van der Waals surface area contributed by atoms with Crippen molar-refractivity contribution in [2.75, 3.05) is 36.0 Å². The van der Waals surface area contributed by atoms with Gasteiger partial charge < -0.3 is 15.1 Å². The van der Waals surface area contributed by atoms with E-state index < -0.39 is 0 Å². The van der Waals surface area contributed by atoms with Gasteiger partial charge in [0.05, 0.1) is 11.1 Å². The molecule has 0 radical (unpaired) electrons. The summed E-state index contributed by atoms with van der Waals surface area (Å²) in [5.41, 5.74) is 2.73. The third kappa shape index (κ3) is 3.87. The number of piperazine rings is 1. The smallest absolute Gasteiger partial charge is 0.252 e. The van der Waals surface area contributed by atoms with Crippen molar-refractivity contribution in [3.63, 3.8) is 0 Å². The Hall–Kier alpha value is -2.79. The van der Waals surface area contributed by atoms with E-state index in [0.29, 0.717) is 6.04 Å². The van der Waals surface area contributed by atoms with Crippen LogP contribution in [-0.4, -0.2) is 43.1 Å². The van der Waals surface area contributed by atoms with E-state index in [1.807, 2.05) is 48.5 Å². The molecular weight excluding hydrogens is 384 g/mol. The first kappa shape index (κ1) is 18.3. The van der Waals surface area contributed by atoms with Crippen molar-refractivity contribution in [3.8, 4) is 0 Å². The van der Waals surface area contributed by atoms with Crippen LogP contribution in [0.1, 0.15) is 23.2 Å². The molecule has 5 rings (SSSR count). The molecule has 1 saturated heterocycles. The predicted octanol–water partition coefficient (Wildman–Crippen LogP) is 4.11. The van der Waals surface area contributed by atoms with Crippen LogP contribution in [0.15, 0.2) is 54.6 Å². The van der Waals surface area contributed by atoms with Crippen LogP contribution in [0.5, 0.6) is 0 Å². The summed E-state index contributed by atoms with van der Waals surface area (Å²) in [6.45, 7) is 3.47. The quantitative estimate of drug-likeness (QED) is 0.708. The van der Waals surface area contributed by atoms with Crippen LogP contribution in [0.25, 0.3) is 10.9 Å². The summed E-state index contributed by atoms with van der Waals surface area (Å²) in [4.78, 5) is 22.3. The van der Waals surface area contributed by atoms with Gasteiger partial charge in [-0.2, -0.15) is 0 Å². The van der Waals surface area contributed by atoms with Crippen molar-refractivity contribution in [2.45, 2.75) is 18.9 Å². The summed E-state index contributed by atoms with van der Waals surface area (Å²) in [7, 11) is 0. The van der Waals surface area contributed by atoms with Crippen LogP contribution in [-0.2, 0) is 0 Å². The number of carbonyl (C=O) groups is 1. The van der Waals surface area contributed by atoms with Gasteiger partial charge in [0.2, 0.25) is 0 Å². The van der Waals surface area contributed by atoms with E-state index in [4.69, 9.17) is 16.6 Å². The Balaban J connectivity index is 1.39. The predicted molar refractivity (Wildman–Crippen MR) is 118 cm³/mol. The lowest BCUT2D eigenvalue weighted by atomic mass is 10.1. The first-order valence-corrected chi connectivity index (χ1v) is 10.5. The molecule has 0 atom stereocenters. The lowest BCUT2D eigenvalue weighted by Crippen LogP contribution is -2.47. The van der Waals surface area contributed by atoms with E-state index in [1.54, 1.807) is 0 Å². The number of rotatable bonds is 4. The Morgan fingerprint density at radius 3 is 2.48 bits per heavy atom. The molecular formula is C23H23ClN4O. The number of halogens is 1. The number of fused-ring (bicyclic) bond motifs is 1. The molecule has 1 aliphatic heterocycles. The second-order valence-electron chi connectivity index (χ2n) is 7.75. The Morgan fingerprint density at radius 2 is 1.72 bits per heavy atom. The highest BCUT2D eigenvalue weighted by atomic mass is 35.5. The summed E-state index contributed by atoms with van der Waals surface area (Å²) >= 11 is 6.15. The van der Waals surface area contributed by atoms with Crippen LogP contribution < -0.4 is 15.1 Å². The number of aromatic nitrogens is 1. The van der Waals surface area contributed by atoms with Gasteiger partial charge in [-0.05, 0) is 43.2 Å². The third-order valence-electron chi connectivity index (χ3n) is 5.64. The number of benzene rings is 2. The summed E-state index contributed by atoms with van der Waals surface area (Å²) in [6, 6.07) is 18.2. The van der Waals surface area contributed by atoms with Gasteiger partial charge in [0.25, 0.3) is 5.91 Å². The highest BCUT2D eigenvalue weighted by Gasteiger charge is 2.26. The monoisotopic (exact) mass is 406 g/mol. The number of para-hydroxylation sites is 1. The van der Waals surface area contributed by atoms with Gasteiger partial charge in [0.1, 0.15) is 5.82 Å². The standard InChI is InChI=1S/C23H23ClN4O/c24-16-4-3-5-18(14-16)27-10-12-28(13-11-27)22-15-20(23(29)25-17-8-9-17)19-6-1-2-7-21(19)26-22/h1-7,14-15,17H,8-13H2,(H,25,29). The number of hydrogen-bond donors (Lipinski definition) is 1. The van der Waals surface area contributed by atoms with Crippen molar-refractivity contribution in [3.05, 3.63) is 65.2 Å². The first-order chi connectivity index (χ1) is 14.2. The van der Waals surface area contributed by atoms with E-state index in [1.165, 1.54) is 0 Å². The van der Waals surface area contributed by atoms with Gasteiger partial charge in [-0.3, -0.25) is 4.79 Å². The molecule has 2 fully saturated rings. The molecule has 6 heteroatoms. The zero-order valence-electron chi connectivity index (χ0n) is 16.1. The molecule has 3 aromatic rings. The minimum Gasteiger partial charge on any atom is -0.368 e. The molecule has 1 N–H and O–H groups in total. The van der Waals surface area contributed by atoms with Gasteiger partial charge in [0.15, 0.2) is 0 Å². The van der Waals surface area contributed by atoms with Crippen molar-refractivity contribution in [1.82, 2.24) is 10.3 Å². The molecule has 1 aliphatic carbocycles. The number of nitrogens with zero attached hydrogens (tertiary/aromatic N) is 3. The lowest BCUT2D eigenvalue weighted by Gasteiger charge is -2.37. The van der Waals surface area contributed by atoms with Gasteiger partial charge in [-0.25, -0.2) is 4.98 Å². The highest BCUT2D eigenvalue weighted by Crippen LogP contribution is 2.27. The fraction of sp³-hybridized carbons (Fsp3) is 0.304. The van der Waals surface area contributed by atoms with Gasteiger partial charge in [-0.15, -0.1) is 0 Å². The molecule has 2 aromatic carbocycles. The Morgan fingerprint density at radius 1 is 0.966 bits per heavy atom. The Bertz CT molecular complexity index is 1060. The third-order valence-corrected chi connectivity index (χ3v) is 5.87. The highest BCUT2D eigenvalue weighted by molar-refractivity contribution is 6.30. The fourth-order valence-electron chi connectivity index (χ4n) is 3.87. The lowest BCUT2D eigenvalue weighted by molar-refractivity contribution is 0.0952. The number of anilines is 2. The maximum absolute atomic E-state index is 12.8. The van der Waals surface area contributed by atoms with Crippen LogP contribution in [0.2, 0.25) is 5.02 Å². The number of amides is 1. The molecule has 29 heavy (non-hydrogen) atoms. The van der Waals surface area contributed by atoms with E-state index in [-0.39, 0.29) is 5.91 Å². The minimum absolute atomic E-state index is 0.00455. The molecule has 1 amide bonds. The van der Waals surface area contributed by atoms with Crippen LogP contribution in [0.3, 0.4) is 0 Å². The average Bonchev–Trinajstić information content (AvgIpc) is 3.57. The number of carbonyl (C=O) groups excluding carboxylic acids is 1. The van der Waals surface area contributed by atoms with Crippen molar-refractivity contribution < 1.29 is 4.79 Å². The van der Waals surface area contributed by atoms with Crippen molar-refractivity contribution in [2.24, 2.45) is 0 Å². The van der Waals surface area contributed by atoms with Crippen molar-refractivity contribution in [1.29, 1.82) is 0 Å². The summed E-state index contributed by atoms with van der Waals surface area (Å²) in [6.07, 6.45) is 2.15. The zero-order chi connectivity index (χ0) is 19.8. The molecule has 5 nitrogen and oxygen atoms in total. The average molecular weight is 407 g/mol. The summed E-state index contributed by atoms with van der Waals surface area (Å²) in [5, 5.41) is 4.79. The molecule has 0 bridgehead atoms. The van der Waals surface area contributed by atoms with E-state index >= 15 is 0 Å². The minimum atomic E-state index is 0.00455. The fourth-order valence-corrected chi connectivity index (χ4v) is 4.05. The van der Waals surface area contributed by atoms with Gasteiger partial charge in [0, 0.05) is 48.3 Å². The van der Waals surface area contributed by atoms with Gasteiger partial charge >= 0.3 is 0 Å². The summed E-state index contributed by atoms with van der Waals surface area (Å²) in [5.74, 6) is 0.875. The molecule has 0 spiro atoms. The van der Waals surface area contributed by atoms with E-state index in [0.717, 1.165) is 72.0 Å². The normalized spacial score (nSPS) is 16.9. The second-order valence-corrected chi connectivity index (χ2v) is 8.18. The van der Waals surface area contributed by atoms with E-state index in [2.05, 4.69) is 21.2 Å². The number of pyridine rings is 1. The topological polar surface area (TPSA) is 48.5 Å². The maximum Gasteiger partial charge on any atom is 0.252 e. The van der Waals surface area contributed by atoms with Crippen LogP contribution in [0.4, 0.5) is 11.5 Å². The first-order valence-electron chi connectivity index (χ1n) is 10.1. The van der Waals surface area contributed by atoms with E-state index in [9.17, 15) is 4.79 Å². The SMILES string of the molecule is O=C(NC1CC1)c1cc(N2CCN(c3cccc(Cl)c3)CC2)nc2ccccc12. The maximum atomic E-state index is 12.8. The molecule has 0 unspecified atom stereocenters. The Labute approximate surface area is 175 Å². The Kier molecular flexibility index (Phi) is 4.76. The van der Waals surface area contributed by atoms with Crippen LogP contribution in [0, 0.1) is 0 Å². The summed E-state index contributed by atoms with van der Waals surface area (Å²) < 4.78 is 0. The molecule has 148 valence electrons. The number of nitrogens with one attached hydrogen (secondary N) is 1. The molecule has 1 aromatic heterocycles. The van der Waals surface area contributed by atoms with Crippen LogP contribution >= 0.6 is 11.6 Å². The molecule has 2 heterocycles. The van der Waals surface area contributed by atoms with Crippen molar-refractivity contribution >= 4 is 39.9 Å². The largest absolute Gasteiger partial charge is 0.368 e.